The number of amides is 1. The van der Waals surface area contributed by atoms with E-state index < -0.39 is 17.4 Å². The zero-order valence-corrected chi connectivity index (χ0v) is 10.1. The number of hydrogen-bond acceptors (Lipinski definition) is 3. The first-order valence-corrected chi connectivity index (χ1v) is 5.96. The summed E-state index contributed by atoms with van der Waals surface area (Å²) in [7, 11) is 0. The maximum atomic E-state index is 11.3. The van der Waals surface area contributed by atoms with E-state index in [0.29, 0.717) is 4.34 Å². The Hall–Kier alpha value is -1.07. The van der Waals surface area contributed by atoms with Gasteiger partial charge < -0.3 is 10.4 Å². The zero-order chi connectivity index (χ0) is 11.9. The van der Waals surface area contributed by atoms with Crippen molar-refractivity contribution in [2.24, 2.45) is 0 Å². The minimum absolute atomic E-state index is 0.178. The third-order valence-electron chi connectivity index (χ3n) is 2.94. The predicted molar refractivity (Wildman–Crippen MR) is 60.9 cm³/mol. The molecular weight excluding hydrogens is 250 g/mol. The molecular formula is C10H10ClNO3S. The Morgan fingerprint density at radius 2 is 2.44 bits per heavy atom. The highest BCUT2D eigenvalue weighted by Gasteiger charge is 2.48. The summed E-state index contributed by atoms with van der Waals surface area (Å²) in [5, 5.41) is 13.4. The van der Waals surface area contributed by atoms with Crippen LogP contribution >= 0.6 is 22.9 Å². The fourth-order valence-corrected chi connectivity index (χ4v) is 3.04. The van der Waals surface area contributed by atoms with Gasteiger partial charge in [0.2, 0.25) is 5.91 Å². The summed E-state index contributed by atoms with van der Waals surface area (Å²) in [4.78, 5) is 22.4. The fraction of sp³-hybridized carbons (Fsp3) is 0.400. The van der Waals surface area contributed by atoms with E-state index in [0.717, 1.165) is 5.56 Å². The third-order valence-corrected chi connectivity index (χ3v) is 4.04. The summed E-state index contributed by atoms with van der Waals surface area (Å²) in [6.07, 6.45) is 0.178. The molecule has 1 fully saturated rings. The minimum Gasteiger partial charge on any atom is -0.480 e. The lowest BCUT2D eigenvalue weighted by molar-refractivity contribution is -0.141. The van der Waals surface area contributed by atoms with Gasteiger partial charge in [-0.2, -0.15) is 0 Å². The number of nitrogens with one attached hydrogen (secondary N) is 1. The SMILES string of the molecule is CC1(c2csc(Cl)c2)CC(=O)NC1C(=O)O. The smallest absolute Gasteiger partial charge is 0.327 e. The zero-order valence-electron chi connectivity index (χ0n) is 8.49. The quantitative estimate of drug-likeness (QED) is 0.848. The van der Waals surface area contributed by atoms with Crippen molar-refractivity contribution >= 4 is 34.8 Å². The molecule has 4 nitrogen and oxygen atoms in total. The molecule has 0 bridgehead atoms. The van der Waals surface area contributed by atoms with Gasteiger partial charge in [0, 0.05) is 11.8 Å². The number of rotatable bonds is 2. The van der Waals surface area contributed by atoms with Crippen molar-refractivity contribution in [2.45, 2.75) is 24.8 Å². The molecule has 1 aliphatic rings. The van der Waals surface area contributed by atoms with Crippen LogP contribution in [0.2, 0.25) is 4.34 Å². The van der Waals surface area contributed by atoms with Crippen molar-refractivity contribution in [1.29, 1.82) is 0 Å². The Balaban J connectivity index is 2.42. The van der Waals surface area contributed by atoms with Gasteiger partial charge in [-0.15, -0.1) is 11.3 Å². The normalized spacial score (nSPS) is 29.1. The van der Waals surface area contributed by atoms with E-state index in [4.69, 9.17) is 16.7 Å². The van der Waals surface area contributed by atoms with Crippen molar-refractivity contribution in [3.05, 3.63) is 21.3 Å². The Labute approximate surface area is 101 Å². The molecule has 86 valence electrons. The molecule has 2 N–H and O–H groups in total. The molecule has 2 atom stereocenters. The average Bonchev–Trinajstić information content (AvgIpc) is 2.71. The van der Waals surface area contributed by atoms with Gasteiger partial charge in [0.1, 0.15) is 6.04 Å². The predicted octanol–water partition coefficient (Wildman–Crippen LogP) is 1.63. The van der Waals surface area contributed by atoms with Crippen LogP contribution < -0.4 is 5.32 Å². The van der Waals surface area contributed by atoms with E-state index in [1.165, 1.54) is 11.3 Å². The van der Waals surface area contributed by atoms with Gasteiger partial charge >= 0.3 is 5.97 Å². The van der Waals surface area contributed by atoms with E-state index in [-0.39, 0.29) is 12.3 Å². The monoisotopic (exact) mass is 259 g/mol. The Kier molecular flexibility index (Phi) is 2.67. The van der Waals surface area contributed by atoms with Crippen molar-refractivity contribution in [1.82, 2.24) is 5.32 Å². The van der Waals surface area contributed by atoms with Crippen LogP contribution in [-0.2, 0) is 15.0 Å². The molecule has 1 saturated heterocycles. The maximum Gasteiger partial charge on any atom is 0.327 e. The van der Waals surface area contributed by atoms with Crippen LogP contribution in [0.25, 0.3) is 0 Å². The number of carbonyl (C=O) groups excluding carboxylic acids is 1. The van der Waals surface area contributed by atoms with Gasteiger partial charge in [-0.05, 0) is 17.0 Å². The van der Waals surface area contributed by atoms with Crippen LogP contribution in [0, 0.1) is 0 Å². The first-order valence-electron chi connectivity index (χ1n) is 4.70. The number of carbonyl (C=O) groups is 2. The highest BCUT2D eigenvalue weighted by Crippen LogP contribution is 2.39. The van der Waals surface area contributed by atoms with Gasteiger partial charge in [0.05, 0.1) is 4.34 Å². The number of carboxylic acids is 1. The topological polar surface area (TPSA) is 66.4 Å². The van der Waals surface area contributed by atoms with Crippen LogP contribution in [0.1, 0.15) is 18.9 Å². The molecule has 1 amide bonds. The third kappa shape index (κ3) is 1.70. The van der Waals surface area contributed by atoms with Crippen molar-refractivity contribution in [2.75, 3.05) is 0 Å². The first kappa shape index (κ1) is 11.4. The summed E-state index contributed by atoms with van der Waals surface area (Å²) < 4.78 is 0.597. The summed E-state index contributed by atoms with van der Waals surface area (Å²) >= 11 is 7.17. The van der Waals surface area contributed by atoms with E-state index >= 15 is 0 Å². The summed E-state index contributed by atoms with van der Waals surface area (Å²) in [5.41, 5.74) is 0.0836. The second kappa shape index (κ2) is 3.75. The lowest BCUT2D eigenvalue weighted by atomic mass is 9.77. The highest BCUT2D eigenvalue weighted by atomic mass is 35.5. The Bertz CT molecular complexity index is 459. The molecule has 1 aromatic rings. The number of thiophene rings is 1. The molecule has 16 heavy (non-hydrogen) atoms. The largest absolute Gasteiger partial charge is 0.480 e. The Morgan fingerprint density at radius 1 is 1.75 bits per heavy atom. The number of hydrogen-bond donors (Lipinski definition) is 2. The summed E-state index contributed by atoms with van der Waals surface area (Å²) in [5.74, 6) is -1.26. The first-order chi connectivity index (χ1) is 7.43. The van der Waals surface area contributed by atoms with Crippen LogP contribution in [0.15, 0.2) is 11.4 Å². The minimum atomic E-state index is -1.02. The Morgan fingerprint density at radius 3 is 2.94 bits per heavy atom. The van der Waals surface area contributed by atoms with Gasteiger partial charge in [-0.3, -0.25) is 4.79 Å². The van der Waals surface area contributed by atoms with Gasteiger partial charge in [0.15, 0.2) is 0 Å². The van der Waals surface area contributed by atoms with E-state index in [1.54, 1.807) is 18.4 Å². The van der Waals surface area contributed by atoms with Crippen LogP contribution in [0.5, 0.6) is 0 Å². The molecule has 6 heteroatoms. The number of carboxylic acid groups (broad SMARTS) is 1. The molecule has 0 aromatic carbocycles. The van der Waals surface area contributed by atoms with Crippen LogP contribution in [-0.4, -0.2) is 23.0 Å². The molecule has 0 aliphatic carbocycles. The average molecular weight is 260 g/mol. The summed E-state index contributed by atoms with van der Waals surface area (Å²) in [6.45, 7) is 1.77. The van der Waals surface area contributed by atoms with Crippen LogP contribution in [0.3, 0.4) is 0 Å². The lowest BCUT2D eigenvalue weighted by Gasteiger charge is -2.26. The maximum absolute atomic E-state index is 11.3. The van der Waals surface area contributed by atoms with Gasteiger partial charge in [-0.1, -0.05) is 18.5 Å². The molecule has 0 radical (unpaired) electrons. The molecule has 0 saturated carbocycles. The second-order valence-corrected chi connectivity index (χ2v) is 5.62. The second-order valence-electron chi connectivity index (χ2n) is 4.07. The van der Waals surface area contributed by atoms with E-state index in [1.807, 2.05) is 0 Å². The number of halogens is 1. The van der Waals surface area contributed by atoms with Crippen LogP contribution in [0.4, 0.5) is 0 Å². The lowest BCUT2D eigenvalue weighted by Crippen LogP contribution is -2.44. The molecule has 1 aliphatic heterocycles. The standard InChI is InChI=1S/C10H10ClNO3S/c1-10(5-2-6(11)16-4-5)3-7(13)12-8(10)9(14)15/h2,4,8H,3H2,1H3,(H,12,13)(H,14,15). The summed E-state index contributed by atoms with van der Waals surface area (Å²) in [6, 6.07) is 0.841. The van der Waals surface area contributed by atoms with Gasteiger partial charge in [0.25, 0.3) is 0 Å². The number of aliphatic carboxylic acids is 1. The van der Waals surface area contributed by atoms with E-state index in [2.05, 4.69) is 5.32 Å². The molecule has 0 spiro atoms. The van der Waals surface area contributed by atoms with Gasteiger partial charge in [-0.25, -0.2) is 4.79 Å². The molecule has 1 aromatic heterocycles. The highest BCUT2D eigenvalue weighted by molar-refractivity contribution is 7.14. The fourth-order valence-electron chi connectivity index (χ4n) is 2.02. The van der Waals surface area contributed by atoms with Crippen molar-refractivity contribution in [3.63, 3.8) is 0 Å². The van der Waals surface area contributed by atoms with Crippen molar-refractivity contribution in [3.8, 4) is 0 Å². The molecule has 2 unspecified atom stereocenters. The molecule has 2 heterocycles. The van der Waals surface area contributed by atoms with Crippen molar-refractivity contribution < 1.29 is 14.7 Å². The molecule has 2 rings (SSSR count). The van der Waals surface area contributed by atoms with E-state index in [9.17, 15) is 9.59 Å².